The first kappa shape index (κ1) is 19.0. The van der Waals surface area contributed by atoms with Crippen LogP contribution < -0.4 is 4.90 Å². The molecule has 1 aromatic carbocycles. The number of benzene rings is 1. The van der Waals surface area contributed by atoms with Crippen LogP contribution in [0.25, 0.3) is 0 Å². The van der Waals surface area contributed by atoms with Crippen molar-refractivity contribution >= 4 is 11.6 Å². The topological polar surface area (TPSA) is 47.0 Å². The van der Waals surface area contributed by atoms with E-state index in [1.165, 1.54) is 12.1 Å². The molecule has 1 atom stereocenters. The molecule has 0 saturated carbocycles. The number of rotatable bonds is 5. The molecule has 2 saturated heterocycles. The maximum Gasteiger partial charge on any atom is 0.418 e. The minimum atomic E-state index is -4.37. The van der Waals surface area contributed by atoms with Gasteiger partial charge in [-0.1, -0.05) is 12.1 Å². The zero-order valence-electron chi connectivity index (χ0n) is 14.6. The van der Waals surface area contributed by atoms with Crippen molar-refractivity contribution in [3.05, 3.63) is 29.8 Å². The zero-order chi connectivity index (χ0) is 18.7. The first-order valence-corrected chi connectivity index (χ1v) is 8.94. The van der Waals surface area contributed by atoms with Gasteiger partial charge in [0, 0.05) is 57.9 Å². The smallest absolute Gasteiger partial charge is 0.390 e. The van der Waals surface area contributed by atoms with Crippen LogP contribution in [0.5, 0.6) is 0 Å². The van der Waals surface area contributed by atoms with E-state index < -0.39 is 17.8 Å². The lowest BCUT2D eigenvalue weighted by atomic mass is 10.1. The Hall–Kier alpha value is -1.80. The van der Waals surface area contributed by atoms with Gasteiger partial charge >= 0.3 is 6.18 Å². The van der Waals surface area contributed by atoms with Gasteiger partial charge in [0.15, 0.2) is 0 Å². The van der Waals surface area contributed by atoms with Crippen molar-refractivity contribution in [1.82, 2.24) is 9.80 Å². The molecule has 1 unspecified atom stereocenters. The molecule has 1 aromatic rings. The fourth-order valence-corrected chi connectivity index (χ4v) is 3.67. The lowest BCUT2D eigenvalue weighted by Gasteiger charge is -2.38. The highest BCUT2D eigenvalue weighted by Gasteiger charge is 2.35. The van der Waals surface area contributed by atoms with E-state index in [1.54, 1.807) is 15.9 Å². The Morgan fingerprint density at radius 1 is 1.04 bits per heavy atom. The molecule has 0 aromatic heterocycles. The average Bonchev–Trinajstić information content (AvgIpc) is 2.99. The minimum Gasteiger partial charge on any atom is -0.390 e. The number of anilines is 1. The molecule has 5 nitrogen and oxygen atoms in total. The van der Waals surface area contributed by atoms with Crippen LogP contribution in [-0.4, -0.2) is 72.7 Å². The summed E-state index contributed by atoms with van der Waals surface area (Å²) in [6.45, 7) is 3.56. The summed E-state index contributed by atoms with van der Waals surface area (Å²) < 4.78 is 39.5. The number of hydrogen-bond acceptors (Lipinski definition) is 4. The van der Waals surface area contributed by atoms with E-state index in [2.05, 4.69) is 0 Å². The van der Waals surface area contributed by atoms with Crippen LogP contribution >= 0.6 is 0 Å². The highest BCUT2D eigenvalue weighted by Crippen LogP contribution is 2.36. The summed E-state index contributed by atoms with van der Waals surface area (Å²) in [5, 5.41) is 10.2. The molecular formula is C18H24F3N3O2. The molecule has 2 aliphatic heterocycles. The molecule has 26 heavy (non-hydrogen) atoms. The lowest BCUT2D eigenvalue weighted by molar-refractivity contribution is -0.137. The van der Waals surface area contributed by atoms with Crippen LogP contribution in [0.1, 0.15) is 18.4 Å². The molecule has 2 fully saturated rings. The molecule has 1 amide bonds. The second kappa shape index (κ2) is 7.84. The van der Waals surface area contributed by atoms with Gasteiger partial charge in [-0.15, -0.1) is 0 Å². The number of hydrogen-bond donors (Lipinski definition) is 1. The van der Waals surface area contributed by atoms with Gasteiger partial charge in [-0.25, -0.2) is 0 Å². The van der Waals surface area contributed by atoms with Gasteiger partial charge in [-0.2, -0.15) is 13.2 Å². The van der Waals surface area contributed by atoms with Gasteiger partial charge in [0.2, 0.25) is 5.91 Å². The predicted molar refractivity (Wildman–Crippen MR) is 91.9 cm³/mol. The van der Waals surface area contributed by atoms with Gasteiger partial charge in [0.05, 0.1) is 11.7 Å². The van der Waals surface area contributed by atoms with Gasteiger partial charge in [-0.3, -0.25) is 9.69 Å². The van der Waals surface area contributed by atoms with E-state index in [-0.39, 0.29) is 11.6 Å². The Labute approximate surface area is 151 Å². The Kier molecular flexibility index (Phi) is 5.72. The van der Waals surface area contributed by atoms with Crippen molar-refractivity contribution in [2.75, 3.05) is 50.7 Å². The quantitative estimate of drug-likeness (QED) is 0.858. The molecule has 2 heterocycles. The van der Waals surface area contributed by atoms with Crippen LogP contribution in [0.2, 0.25) is 0 Å². The number of aliphatic hydroxyl groups is 1. The number of aliphatic hydroxyl groups excluding tert-OH is 1. The van der Waals surface area contributed by atoms with Gasteiger partial charge in [0.1, 0.15) is 0 Å². The average molecular weight is 371 g/mol. The van der Waals surface area contributed by atoms with Gasteiger partial charge < -0.3 is 14.9 Å². The number of nitrogens with zero attached hydrogens (tertiary/aromatic N) is 3. The molecule has 0 bridgehead atoms. The number of piperazine rings is 1. The van der Waals surface area contributed by atoms with Crippen LogP contribution in [0, 0.1) is 0 Å². The molecule has 3 rings (SSSR count). The Morgan fingerprint density at radius 3 is 2.35 bits per heavy atom. The molecule has 0 spiro atoms. The van der Waals surface area contributed by atoms with E-state index in [1.807, 2.05) is 4.90 Å². The van der Waals surface area contributed by atoms with Crippen LogP contribution in [0.15, 0.2) is 24.3 Å². The monoisotopic (exact) mass is 371 g/mol. The van der Waals surface area contributed by atoms with Crippen LogP contribution in [-0.2, 0) is 11.0 Å². The SMILES string of the molecule is O=C1CCCN1CC(O)CN1CCN(c2ccccc2C(F)(F)F)CC1. The highest BCUT2D eigenvalue weighted by atomic mass is 19.4. The number of likely N-dealkylation sites (tertiary alicyclic amines) is 1. The lowest BCUT2D eigenvalue weighted by Crippen LogP contribution is -2.50. The van der Waals surface area contributed by atoms with Crippen molar-refractivity contribution in [2.24, 2.45) is 0 Å². The largest absolute Gasteiger partial charge is 0.418 e. The summed E-state index contributed by atoms with van der Waals surface area (Å²) in [7, 11) is 0. The van der Waals surface area contributed by atoms with Crippen molar-refractivity contribution in [2.45, 2.75) is 25.1 Å². The normalized spacial score (nSPS) is 20.7. The summed E-state index contributed by atoms with van der Waals surface area (Å²) in [5.74, 6) is 0.0811. The Balaban J connectivity index is 1.52. The second-order valence-electron chi connectivity index (χ2n) is 6.90. The predicted octanol–water partition coefficient (Wildman–Crippen LogP) is 1.81. The zero-order valence-corrected chi connectivity index (χ0v) is 14.6. The van der Waals surface area contributed by atoms with E-state index in [0.29, 0.717) is 52.2 Å². The molecule has 0 aliphatic carbocycles. The minimum absolute atomic E-state index is 0.0811. The summed E-state index contributed by atoms with van der Waals surface area (Å²) in [4.78, 5) is 17.1. The third-order valence-electron chi connectivity index (χ3n) is 4.99. The second-order valence-corrected chi connectivity index (χ2v) is 6.90. The first-order chi connectivity index (χ1) is 12.3. The third-order valence-corrected chi connectivity index (χ3v) is 4.99. The van der Waals surface area contributed by atoms with Gasteiger partial charge in [0.25, 0.3) is 0 Å². The molecule has 1 N–H and O–H groups in total. The summed E-state index contributed by atoms with van der Waals surface area (Å²) >= 11 is 0. The van der Waals surface area contributed by atoms with Crippen molar-refractivity contribution in [3.63, 3.8) is 0 Å². The maximum absolute atomic E-state index is 13.2. The molecular weight excluding hydrogens is 347 g/mol. The third kappa shape index (κ3) is 4.48. The van der Waals surface area contributed by atoms with E-state index in [9.17, 15) is 23.1 Å². The van der Waals surface area contributed by atoms with Crippen LogP contribution in [0.4, 0.5) is 18.9 Å². The number of carbonyl (C=O) groups is 1. The van der Waals surface area contributed by atoms with E-state index in [0.717, 1.165) is 12.5 Å². The summed E-state index contributed by atoms with van der Waals surface area (Å²) in [6, 6.07) is 5.64. The number of amides is 1. The van der Waals surface area contributed by atoms with Crippen molar-refractivity contribution in [1.29, 1.82) is 0 Å². The number of halogens is 3. The Bertz CT molecular complexity index is 630. The molecule has 144 valence electrons. The fourth-order valence-electron chi connectivity index (χ4n) is 3.67. The summed E-state index contributed by atoms with van der Waals surface area (Å²) in [5.41, 5.74) is -0.399. The van der Waals surface area contributed by atoms with Crippen molar-refractivity contribution in [3.8, 4) is 0 Å². The number of carbonyl (C=O) groups excluding carboxylic acids is 1. The first-order valence-electron chi connectivity index (χ1n) is 8.94. The van der Waals surface area contributed by atoms with Gasteiger partial charge in [-0.05, 0) is 18.6 Å². The molecule has 8 heteroatoms. The number of β-amino-alcohol motifs (C(OH)–C–C–N with tert-alkyl or cyclic N) is 1. The Morgan fingerprint density at radius 2 is 1.73 bits per heavy atom. The molecule has 2 aliphatic rings. The standard InChI is InChI=1S/C18H24F3N3O2/c19-18(20,21)15-4-1-2-5-16(15)23-10-8-22(9-11-23)12-14(25)13-24-7-3-6-17(24)26/h1-2,4-5,14,25H,3,6-13H2. The highest BCUT2D eigenvalue weighted by molar-refractivity contribution is 5.78. The number of para-hydroxylation sites is 1. The van der Waals surface area contributed by atoms with Crippen molar-refractivity contribution < 1.29 is 23.1 Å². The summed E-state index contributed by atoms with van der Waals surface area (Å²) in [6.07, 6.45) is -3.62. The van der Waals surface area contributed by atoms with E-state index in [4.69, 9.17) is 0 Å². The molecule has 0 radical (unpaired) electrons. The number of alkyl halides is 3. The van der Waals surface area contributed by atoms with Crippen LogP contribution in [0.3, 0.4) is 0 Å². The van der Waals surface area contributed by atoms with E-state index >= 15 is 0 Å². The maximum atomic E-state index is 13.2. The fraction of sp³-hybridized carbons (Fsp3) is 0.611.